The van der Waals surface area contributed by atoms with E-state index in [1.807, 2.05) is 18.3 Å². The molecule has 24 heavy (non-hydrogen) atoms. The van der Waals surface area contributed by atoms with Crippen LogP contribution in [0.15, 0.2) is 48.7 Å². The lowest BCUT2D eigenvalue weighted by Gasteiger charge is -2.05. The minimum Gasteiger partial charge on any atom is -0.361 e. The Kier molecular flexibility index (Phi) is 4.07. The lowest BCUT2D eigenvalue weighted by molar-refractivity contribution is 0.588. The van der Waals surface area contributed by atoms with Gasteiger partial charge in [0.25, 0.3) is 0 Å². The first kappa shape index (κ1) is 15.3. The van der Waals surface area contributed by atoms with Gasteiger partial charge in [-0.25, -0.2) is 8.78 Å². The predicted molar refractivity (Wildman–Crippen MR) is 92.1 cm³/mol. The van der Waals surface area contributed by atoms with E-state index in [2.05, 4.69) is 10.3 Å². The van der Waals surface area contributed by atoms with Gasteiger partial charge in [0, 0.05) is 17.1 Å². The van der Waals surface area contributed by atoms with Crippen LogP contribution in [0.1, 0.15) is 23.5 Å². The van der Waals surface area contributed by atoms with Crippen LogP contribution in [0.5, 0.6) is 0 Å². The van der Waals surface area contributed by atoms with Crippen LogP contribution in [0.25, 0.3) is 10.9 Å². The van der Waals surface area contributed by atoms with Gasteiger partial charge in [-0.1, -0.05) is 18.2 Å². The zero-order valence-electron chi connectivity index (χ0n) is 13.4. The number of halogens is 2. The minimum absolute atomic E-state index is 0.135. The summed E-state index contributed by atoms with van der Waals surface area (Å²) >= 11 is 0. The van der Waals surface area contributed by atoms with Crippen molar-refractivity contribution < 1.29 is 8.78 Å². The first-order chi connectivity index (χ1) is 11.7. The van der Waals surface area contributed by atoms with Crippen LogP contribution in [-0.2, 0) is 6.42 Å². The molecule has 2 N–H and O–H groups in total. The lowest BCUT2D eigenvalue weighted by atomic mass is 10.1. The molecule has 1 fully saturated rings. The van der Waals surface area contributed by atoms with E-state index in [9.17, 15) is 8.78 Å². The largest absolute Gasteiger partial charge is 0.361 e. The lowest BCUT2D eigenvalue weighted by Crippen LogP contribution is -2.20. The van der Waals surface area contributed by atoms with Crippen LogP contribution in [-0.4, -0.2) is 18.1 Å². The Bertz CT molecular complexity index is 856. The van der Waals surface area contributed by atoms with Crippen LogP contribution < -0.4 is 5.32 Å². The van der Waals surface area contributed by atoms with Gasteiger partial charge in [0.15, 0.2) is 0 Å². The first-order valence-electron chi connectivity index (χ1n) is 8.43. The fourth-order valence-corrected chi connectivity index (χ4v) is 3.49. The van der Waals surface area contributed by atoms with E-state index in [-0.39, 0.29) is 11.6 Å². The summed E-state index contributed by atoms with van der Waals surface area (Å²) in [4.78, 5) is 3.22. The number of hydrogen-bond donors (Lipinski definition) is 2. The molecule has 1 aromatic heterocycles. The molecule has 4 heteroatoms. The molecule has 2 atom stereocenters. The van der Waals surface area contributed by atoms with Crippen LogP contribution in [0.3, 0.4) is 0 Å². The van der Waals surface area contributed by atoms with Crippen molar-refractivity contribution in [2.45, 2.75) is 18.8 Å². The third-order valence-electron chi connectivity index (χ3n) is 4.93. The molecular weight excluding hydrogens is 306 g/mol. The van der Waals surface area contributed by atoms with Crippen molar-refractivity contribution >= 4 is 10.9 Å². The summed E-state index contributed by atoms with van der Waals surface area (Å²) in [5.41, 5.74) is 2.96. The van der Waals surface area contributed by atoms with Gasteiger partial charge >= 0.3 is 0 Å². The van der Waals surface area contributed by atoms with Crippen molar-refractivity contribution in [3.05, 3.63) is 71.4 Å². The summed E-state index contributed by atoms with van der Waals surface area (Å²) < 4.78 is 27.0. The smallest absolute Gasteiger partial charge is 0.126 e. The van der Waals surface area contributed by atoms with Gasteiger partial charge in [-0.2, -0.15) is 0 Å². The topological polar surface area (TPSA) is 27.8 Å². The summed E-state index contributed by atoms with van der Waals surface area (Å²) in [6, 6.07) is 11.8. The van der Waals surface area contributed by atoms with Crippen molar-refractivity contribution in [3.63, 3.8) is 0 Å². The number of aromatic amines is 1. The highest BCUT2D eigenvalue weighted by atomic mass is 19.1. The van der Waals surface area contributed by atoms with Crippen molar-refractivity contribution in [2.24, 2.45) is 5.92 Å². The summed E-state index contributed by atoms with van der Waals surface area (Å²) in [5, 5.41) is 4.42. The molecule has 2 nitrogen and oxygen atoms in total. The normalized spacial score (nSPS) is 19.8. The third kappa shape index (κ3) is 3.06. The standard InChI is InChI=1S/C20H20F2N2/c21-15-5-6-20-17(10-15)18(12-24-20)16-9-14(16)11-23-8-7-13-3-1-2-4-19(13)22/h1-6,10,12,14,16,23-24H,7-9,11H2. The molecular formula is C20H20F2N2. The van der Waals surface area contributed by atoms with E-state index in [1.54, 1.807) is 18.2 Å². The van der Waals surface area contributed by atoms with E-state index < -0.39 is 0 Å². The van der Waals surface area contributed by atoms with E-state index in [1.165, 1.54) is 17.7 Å². The molecule has 0 saturated heterocycles. The molecule has 0 aliphatic heterocycles. The summed E-state index contributed by atoms with van der Waals surface area (Å²) in [6.45, 7) is 1.69. The van der Waals surface area contributed by atoms with Crippen molar-refractivity contribution in [3.8, 4) is 0 Å². The van der Waals surface area contributed by atoms with Crippen LogP contribution in [0.4, 0.5) is 8.78 Å². The molecule has 4 rings (SSSR count). The monoisotopic (exact) mass is 326 g/mol. The molecule has 1 aliphatic rings. The Labute approximate surface area is 139 Å². The molecule has 2 aromatic carbocycles. The molecule has 0 spiro atoms. The zero-order chi connectivity index (χ0) is 16.5. The average Bonchev–Trinajstić information content (AvgIpc) is 3.23. The van der Waals surface area contributed by atoms with E-state index in [0.29, 0.717) is 18.3 Å². The SMILES string of the molecule is Fc1ccc2[nH]cc(C3CC3CNCCc3ccccc3F)c2c1. The maximum absolute atomic E-state index is 13.6. The Morgan fingerprint density at radius 2 is 2.00 bits per heavy atom. The van der Waals surface area contributed by atoms with Gasteiger partial charge in [-0.05, 0) is 73.2 Å². The number of nitrogens with one attached hydrogen (secondary N) is 2. The quantitative estimate of drug-likeness (QED) is 0.646. The van der Waals surface area contributed by atoms with E-state index in [0.717, 1.165) is 36.0 Å². The zero-order valence-corrected chi connectivity index (χ0v) is 13.4. The Morgan fingerprint density at radius 3 is 2.88 bits per heavy atom. The predicted octanol–water partition coefficient (Wildman–Crippen LogP) is 4.38. The highest BCUT2D eigenvalue weighted by Crippen LogP contribution is 2.49. The third-order valence-corrected chi connectivity index (χ3v) is 4.93. The second-order valence-corrected chi connectivity index (χ2v) is 6.58. The number of benzene rings is 2. The first-order valence-corrected chi connectivity index (χ1v) is 8.43. The van der Waals surface area contributed by atoms with Crippen molar-refractivity contribution in [2.75, 3.05) is 13.1 Å². The van der Waals surface area contributed by atoms with E-state index in [4.69, 9.17) is 0 Å². The Morgan fingerprint density at radius 1 is 1.12 bits per heavy atom. The average molecular weight is 326 g/mol. The van der Waals surface area contributed by atoms with Gasteiger partial charge < -0.3 is 10.3 Å². The molecule has 0 amide bonds. The summed E-state index contributed by atoms with van der Waals surface area (Å²) in [6.07, 6.45) is 3.83. The number of H-pyrrole nitrogens is 1. The number of aromatic nitrogens is 1. The van der Waals surface area contributed by atoms with Gasteiger partial charge in [0.2, 0.25) is 0 Å². The Balaban J connectivity index is 1.31. The molecule has 0 bridgehead atoms. The van der Waals surface area contributed by atoms with Gasteiger partial charge in [-0.3, -0.25) is 0 Å². The van der Waals surface area contributed by atoms with Crippen LogP contribution >= 0.6 is 0 Å². The maximum Gasteiger partial charge on any atom is 0.126 e. The molecule has 1 aliphatic carbocycles. The van der Waals surface area contributed by atoms with Crippen LogP contribution in [0, 0.1) is 17.6 Å². The maximum atomic E-state index is 13.6. The summed E-state index contributed by atoms with van der Waals surface area (Å²) in [5.74, 6) is 0.738. The number of hydrogen-bond acceptors (Lipinski definition) is 1. The van der Waals surface area contributed by atoms with Crippen LogP contribution in [0.2, 0.25) is 0 Å². The molecule has 124 valence electrons. The molecule has 3 aromatic rings. The Hall–Kier alpha value is -2.20. The molecule has 1 heterocycles. The number of fused-ring (bicyclic) bond motifs is 1. The van der Waals surface area contributed by atoms with Crippen molar-refractivity contribution in [1.82, 2.24) is 10.3 Å². The molecule has 1 saturated carbocycles. The number of rotatable bonds is 6. The van der Waals surface area contributed by atoms with E-state index >= 15 is 0 Å². The molecule has 0 radical (unpaired) electrons. The minimum atomic E-state index is -0.191. The fourth-order valence-electron chi connectivity index (χ4n) is 3.49. The summed E-state index contributed by atoms with van der Waals surface area (Å²) in [7, 11) is 0. The van der Waals surface area contributed by atoms with Crippen molar-refractivity contribution in [1.29, 1.82) is 0 Å². The van der Waals surface area contributed by atoms with Gasteiger partial charge in [0.05, 0.1) is 0 Å². The fraction of sp³-hybridized carbons (Fsp3) is 0.300. The second-order valence-electron chi connectivity index (χ2n) is 6.58. The highest BCUT2D eigenvalue weighted by Gasteiger charge is 2.39. The van der Waals surface area contributed by atoms with Gasteiger partial charge in [-0.15, -0.1) is 0 Å². The second kappa shape index (κ2) is 6.36. The molecule has 2 unspecified atom stereocenters. The van der Waals surface area contributed by atoms with Gasteiger partial charge in [0.1, 0.15) is 11.6 Å². The highest BCUT2D eigenvalue weighted by molar-refractivity contribution is 5.84.